The first-order valence-electron chi connectivity index (χ1n) is 3.79. The summed E-state index contributed by atoms with van der Waals surface area (Å²) < 4.78 is 13.1. The van der Waals surface area contributed by atoms with E-state index in [2.05, 4.69) is 24.5 Å². The lowest BCUT2D eigenvalue weighted by atomic mass is 10.2. The Morgan fingerprint density at radius 3 is 2.85 bits per heavy atom. The molecule has 0 aliphatic rings. The third-order valence-corrected chi connectivity index (χ3v) is 1.85. The van der Waals surface area contributed by atoms with Gasteiger partial charge in [0.15, 0.2) is 0 Å². The summed E-state index contributed by atoms with van der Waals surface area (Å²) in [5.74, 6) is 5.82. The Hall–Kier alpha value is -0.650. The molecular formula is C10H8ClFS. The van der Waals surface area contributed by atoms with E-state index in [0.29, 0.717) is 22.8 Å². The Kier molecular flexibility index (Phi) is 4.14. The molecule has 0 radical (unpaired) electrons. The summed E-state index contributed by atoms with van der Waals surface area (Å²) >= 11 is 9.57. The SMILES string of the molecule is Fc1cc(Cl)ccc1C#CCCS. The van der Waals surface area contributed by atoms with Gasteiger partial charge in [-0.25, -0.2) is 4.39 Å². The topological polar surface area (TPSA) is 0 Å². The summed E-state index contributed by atoms with van der Waals surface area (Å²) in [7, 11) is 0. The fourth-order valence-electron chi connectivity index (χ4n) is 0.804. The van der Waals surface area contributed by atoms with Crippen molar-refractivity contribution in [1.29, 1.82) is 0 Å². The molecule has 0 saturated carbocycles. The molecule has 68 valence electrons. The molecule has 0 N–H and O–H groups in total. The standard InChI is InChI=1S/C10H8ClFS/c11-9-5-4-8(10(12)7-9)3-1-2-6-13/h4-5,7,13H,2,6H2. The van der Waals surface area contributed by atoms with Crippen LogP contribution in [0.2, 0.25) is 5.02 Å². The lowest BCUT2D eigenvalue weighted by Gasteiger charge is -1.93. The Labute approximate surface area is 87.5 Å². The first kappa shape index (κ1) is 10.4. The first-order chi connectivity index (χ1) is 6.24. The van der Waals surface area contributed by atoms with Crippen LogP contribution in [0, 0.1) is 17.7 Å². The summed E-state index contributed by atoms with van der Waals surface area (Å²) in [5, 5.41) is 0.386. The molecule has 0 nitrogen and oxygen atoms in total. The molecule has 0 amide bonds. The van der Waals surface area contributed by atoms with Crippen LogP contribution in [-0.4, -0.2) is 5.75 Å². The van der Waals surface area contributed by atoms with Gasteiger partial charge in [-0.2, -0.15) is 12.6 Å². The highest BCUT2D eigenvalue weighted by Gasteiger charge is 1.98. The second-order valence-corrected chi connectivity index (χ2v) is 3.28. The van der Waals surface area contributed by atoms with E-state index in [1.165, 1.54) is 6.07 Å². The Morgan fingerprint density at radius 2 is 2.23 bits per heavy atom. The van der Waals surface area contributed by atoms with Gasteiger partial charge in [-0.15, -0.1) is 0 Å². The van der Waals surface area contributed by atoms with Crippen molar-refractivity contribution in [3.05, 3.63) is 34.6 Å². The molecule has 0 bridgehead atoms. The second-order valence-electron chi connectivity index (χ2n) is 2.40. The molecular weight excluding hydrogens is 207 g/mol. The van der Waals surface area contributed by atoms with Gasteiger partial charge in [-0.05, 0) is 18.2 Å². The number of halogens is 2. The van der Waals surface area contributed by atoms with Gasteiger partial charge in [0.2, 0.25) is 0 Å². The minimum Gasteiger partial charge on any atom is -0.206 e. The molecule has 13 heavy (non-hydrogen) atoms. The largest absolute Gasteiger partial charge is 0.206 e. The van der Waals surface area contributed by atoms with Crippen LogP contribution in [0.4, 0.5) is 4.39 Å². The van der Waals surface area contributed by atoms with Crippen LogP contribution in [0.15, 0.2) is 18.2 Å². The molecule has 0 saturated heterocycles. The minimum atomic E-state index is -0.376. The second kappa shape index (κ2) is 5.16. The molecule has 0 spiro atoms. The van der Waals surface area contributed by atoms with E-state index in [1.54, 1.807) is 12.1 Å². The number of rotatable bonds is 1. The van der Waals surface area contributed by atoms with Crippen molar-refractivity contribution in [2.45, 2.75) is 6.42 Å². The molecule has 0 heterocycles. The van der Waals surface area contributed by atoms with Gasteiger partial charge in [0.1, 0.15) is 5.82 Å². The first-order valence-corrected chi connectivity index (χ1v) is 4.80. The van der Waals surface area contributed by atoms with Gasteiger partial charge in [0.05, 0.1) is 5.56 Å². The summed E-state index contributed by atoms with van der Waals surface area (Å²) in [5.41, 5.74) is 0.381. The molecule has 0 unspecified atom stereocenters. The van der Waals surface area contributed by atoms with Crippen molar-refractivity contribution in [2.24, 2.45) is 0 Å². The molecule has 0 fully saturated rings. The lowest BCUT2D eigenvalue weighted by Crippen LogP contribution is -1.82. The van der Waals surface area contributed by atoms with E-state index in [4.69, 9.17) is 11.6 Å². The van der Waals surface area contributed by atoms with Gasteiger partial charge in [-0.3, -0.25) is 0 Å². The lowest BCUT2D eigenvalue weighted by molar-refractivity contribution is 0.624. The molecule has 3 heteroatoms. The predicted molar refractivity (Wildman–Crippen MR) is 56.8 cm³/mol. The van der Waals surface area contributed by atoms with Gasteiger partial charge in [0, 0.05) is 17.2 Å². The average molecular weight is 215 g/mol. The summed E-state index contributed by atoms with van der Waals surface area (Å²) in [6.45, 7) is 0. The predicted octanol–water partition coefficient (Wildman–Crippen LogP) is 3.15. The Morgan fingerprint density at radius 1 is 1.46 bits per heavy atom. The van der Waals surface area contributed by atoms with E-state index in [9.17, 15) is 4.39 Å². The number of hydrogen-bond donors (Lipinski definition) is 1. The smallest absolute Gasteiger partial charge is 0.140 e. The van der Waals surface area contributed by atoms with Crippen molar-refractivity contribution in [1.82, 2.24) is 0 Å². The van der Waals surface area contributed by atoms with Crippen molar-refractivity contribution in [3.63, 3.8) is 0 Å². The highest BCUT2D eigenvalue weighted by molar-refractivity contribution is 7.80. The summed E-state index contributed by atoms with van der Waals surface area (Å²) in [4.78, 5) is 0. The van der Waals surface area contributed by atoms with Crippen LogP contribution < -0.4 is 0 Å². The zero-order valence-corrected chi connectivity index (χ0v) is 8.50. The zero-order valence-electron chi connectivity index (χ0n) is 6.85. The molecule has 0 aromatic heterocycles. The van der Waals surface area contributed by atoms with E-state index in [0.717, 1.165) is 0 Å². The average Bonchev–Trinajstić information content (AvgIpc) is 2.09. The highest BCUT2D eigenvalue weighted by Crippen LogP contribution is 2.13. The molecule has 1 aromatic rings. The maximum absolute atomic E-state index is 13.1. The van der Waals surface area contributed by atoms with Crippen molar-refractivity contribution in [2.75, 3.05) is 5.75 Å². The molecule has 0 aliphatic heterocycles. The zero-order chi connectivity index (χ0) is 9.68. The van der Waals surface area contributed by atoms with Gasteiger partial charge in [0.25, 0.3) is 0 Å². The van der Waals surface area contributed by atoms with Crippen molar-refractivity contribution < 1.29 is 4.39 Å². The monoisotopic (exact) mass is 214 g/mol. The molecule has 1 aromatic carbocycles. The molecule has 1 rings (SSSR count). The van der Waals surface area contributed by atoms with E-state index in [-0.39, 0.29) is 5.82 Å². The van der Waals surface area contributed by atoms with Crippen LogP contribution in [0.5, 0.6) is 0 Å². The number of benzene rings is 1. The summed E-state index contributed by atoms with van der Waals surface area (Å²) in [6, 6.07) is 4.45. The van der Waals surface area contributed by atoms with Crippen LogP contribution >= 0.6 is 24.2 Å². The van der Waals surface area contributed by atoms with Crippen LogP contribution in [0.3, 0.4) is 0 Å². The van der Waals surface area contributed by atoms with Crippen molar-refractivity contribution in [3.8, 4) is 11.8 Å². The van der Waals surface area contributed by atoms with Crippen LogP contribution in [-0.2, 0) is 0 Å². The number of hydrogen-bond acceptors (Lipinski definition) is 1. The Bertz CT molecular complexity index is 352. The quantitative estimate of drug-likeness (QED) is 0.539. The van der Waals surface area contributed by atoms with Gasteiger partial charge < -0.3 is 0 Å². The third-order valence-electron chi connectivity index (χ3n) is 1.39. The summed E-state index contributed by atoms with van der Waals surface area (Å²) in [6.07, 6.45) is 0.658. The van der Waals surface area contributed by atoms with Crippen LogP contribution in [0.1, 0.15) is 12.0 Å². The maximum atomic E-state index is 13.1. The fraction of sp³-hybridized carbons (Fsp3) is 0.200. The number of thiol groups is 1. The highest BCUT2D eigenvalue weighted by atomic mass is 35.5. The normalized spacial score (nSPS) is 9.15. The fourth-order valence-corrected chi connectivity index (χ4v) is 1.08. The van der Waals surface area contributed by atoms with E-state index >= 15 is 0 Å². The molecule has 0 aliphatic carbocycles. The van der Waals surface area contributed by atoms with Gasteiger partial charge in [-0.1, -0.05) is 23.4 Å². The third kappa shape index (κ3) is 3.30. The van der Waals surface area contributed by atoms with Crippen LogP contribution in [0.25, 0.3) is 0 Å². The maximum Gasteiger partial charge on any atom is 0.140 e. The van der Waals surface area contributed by atoms with Crippen molar-refractivity contribution >= 4 is 24.2 Å². The molecule has 0 atom stereocenters. The Balaban J connectivity index is 2.85. The van der Waals surface area contributed by atoms with E-state index < -0.39 is 0 Å². The van der Waals surface area contributed by atoms with Gasteiger partial charge >= 0.3 is 0 Å². The minimum absolute atomic E-state index is 0.376. The van der Waals surface area contributed by atoms with E-state index in [1.807, 2.05) is 0 Å².